The summed E-state index contributed by atoms with van der Waals surface area (Å²) >= 11 is 0. The molecule has 0 radical (unpaired) electrons. The number of hydrazine groups is 1. The van der Waals surface area contributed by atoms with E-state index in [1.807, 2.05) is 0 Å². The van der Waals surface area contributed by atoms with Gasteiger partial charge in [-0.3, -0.25) is 10.4 Å². The van der Waals surface area contributed by atoms with Crippen molar-refractivity contribution in [3.63, 3.8) is 0 Å². The van der Waals surface area contributed by atoms with Gasteiger partial charge >= 0.3 is 0 Å². The first kappa shape index (κ1) is 12.3. The van der Waals surface area contributed by atoms with Crippen LogP contribution in [0.5, 0.6) is 0 Å². The Kier molecular flexibility index (Phi) is 6.11. The third kappa shape index (κ3) is 6.30. The molecule has 0 bridgehead atoms. The van der Waals surface area contributed by atoms with Gasteiger partial charge in [-0.2, -0.15) is 0 Å². The molecule has 0 amide bonds. The van der Waals surface area contributed by atoms with E-state index in [0.717, 1.165) is 32.0 Å². The van der Waals surface area contributed by atoms with Gasteiger partial charge in [0.25, 0.3) is 0 Å². The van der Waals surface area contributed by atoms with Gasteiger partial charge in [-0.15, -0.1) is 0 Å². The highest BCUT2D eigenvalue weighted by Gasteiger charge is 2.20. The van der Waals surface area contributed by atoms with E-state index in [1.54, 1.807) is 7.11 Å². The second-order valence-corrected chi connectivity index (χ2v) is 3.88. The molecule has 88 valence electrons. The average molecular weight is 214 g/mol. The molecule has 0 aromatic carbocycles. The van der Waals surface area contributed by atoms with Gasteiger partial charge < -0.3 is 10.1 Å². The molecule has 1 fully saturated rings. The maximum atomic E-state index is 5.35. The summed E-state index contributed by atoms with van der Waals surface area (Å²) in [6.45, 7) is 2.44. The zero-order chi connectivity index (χ0) is 10.9. The third-order valence-electron chi connectivity index (χ3n) is 2.46. The Morgan fingerprint density at radius 3 is 2.93 bits per heavy atom. The monoisotopic (exact) mass is 214 g/mol. The predicted octanol–water partition coefficient (Wildman–Crippen LogP) is 0.232. The molecule has 0 saturated heterocycles. The Labute approximate surface area is 91.4 Å². The number of guanidine groups is 1. The van der Waals surface area contributed by atoms with Gasteiger partial charge in [0.2, 0.25) is 5.96 Å². The maximum Gasteiger partial charge on any atom is 0.205 e. The second-order valence-electron chi connectivity index (χ2n) is 3.88. The Balaban J connectivity index is 2.03. The summed E-state index contributed by atoms with van der Waals surface area (Å²) in [5, 5.41) is 3.19. The minimum Gasteiger partial charge on any atom is -0.385 e. The predicted molar refractivity (Wildman–Crippen MR) is 61.5 cm³/mol. The van der Waals surface area contributed by atoms with Crippen LogP contribution in [0.25, 0.3) is 0 Å². The summed E-state index contributed by atoms with van der Waals surface area (Å²) in [5.41, 5.74) is 2.57. The lowest BCUT2D eigenvalue weighted by Gasteiger charge is -2.08. The maximum absolute atomic E-state index is 5.35. The topological polar surface area (TPSA) is 71.7 Å². The van der Waals surface area contributed by atoms with Crippen molar-refractivity contribution in [3.8, 4) is 0 Å². The molecule has 0 aliphatic heterocycles. The fourth-order valence-electron chi connectivity index (χ4n) is 1.35. The van der Waals surface area contributed by atoms with Crippen LogP contribution in [0.4, 0.5) is 0 Å². The summed E-state index contributed by atoms with van der Waals surface area (Å²) in [5.74, 6) is 6.97. The van der Waals surface area contributed by atoms with Crippen LogP contribution in [-0.4, -0.2) is 32.8 Å². The van der Waals surface area contributed by atoms with Gasteiger partial charge in [0, 0.05) is 26.8 Å². The summed E-state index contributed by atoms with van der Waals surface area (Å²) in [6, 6.07) is 0. The molecule has 0 spiro atoms. The summed E-state index contributed by atoms with van der Waals surface area (Å²) < 4.78 is 4.94. The Hall–Kier alpha value is -0.810. The number of nitrogens with one attached hydrogen (secondary N) is 2. The smallest absolute Gasteiger partial charge is 0.205 e. The SMILES string of the molecule is COCCCN=C(NN)NCCC1CC1. The van der Waals surface area contributed by atoms with Gasteiger partial charge in [-0.1, -0.05) is 12.8 Å². The number of ether oxygens (including phenoxy) is 1. The van der Waals surface area contributed by atoms with E-state index < -0.39 is 0 Å². The highest BCUT2D eigenvalue weighted by Crippen LogP contribution is 2.31. The molecule has 1 saturated carbocycles. The molecule has 1 aliphatic carbocycles. The fourth-order valence-corrected chi connectivity index (χ4v) is 1.35. The number of aliphatic imine (C=N–C) groups is 1. The molecule has 5 nitrogen and oxygen atoms in total. The molecule has 4 N–H and O–H groups in total. The van der Waals surface area contributed by atoms with Crippen molar-refractivity contribution < 1.29 is 4.74 Å². The molecule has 0 unspecified atom stereocenters. The van der Waals surface area contributed by atoms with Gasteiger partial charge in [0.05, 0.1) is 0 Å². The summed E-state index contributed by atoms with van der Waals surface area (Å²) in [7, 11) is 1.69. The first-order chi connectivity index (χ1) is 7.36. The molecule has 0 aromatic rings. The van der Waals surface area contributed by atoms with E-state index >= 15 is 0 Å². The van der Waals surface area contributed by atoms with E-state index in [4.69, 9.17) is 10.6 Å². The van der Waals surface area contributed by atoms with Gasteiger partial charge in [-0.25, -0.2) is 5.84 Å². The van der Waals surface area contributed by atoms with Crippen LogP contribution in [-0.2, 0) is 4.74 Å². The van der Waals surface area contributed by atoms with Crippen molar-refractivity contribution in [1.82, 2.24) is 10.7 Å². The molecule has 1 aliphatic rings. The van der Waals surface area contributed by atoms with E-state index in [1.165, 1.54) is 19.3 Å². The number of hydrogen-bond acceptors (Lipinski definition) is 3. The largest absolute Gasteiger partial charge is 0.385 e. The second kappa shape index (κ2) is 7.48. The average Bonchev–Trinajstić information content (AvgIpc) is 3.05. The molecule has 1 rings (SSSR count). The quantitative estimate of drug-likeness (QED) is 0.186. The molecule has 5 heteroatoms. The van der Waals surface area contributed by atoms with Crippen LogP contribution in [0.3, 0.4) is 0 Å². The van der Waals surface area contributed by atoms with Crippen LogP contribution < -0.4 is 16.6 Å². The number of hydrogen-bond donors (Lipinski definition) is 3. The molecule has 0 aromatic heterocycles. The molecular weight excluding hydrogens is 192 g/mol. The molecular formula is C10H22N4O. The molecule has 15 heavy (non-hydrogen) atoms. The van der Waals surface area contributed by atoms with Crippen LogP contribution in [0.2, 0.25) is 0 Å². The highest BCUT2D eigenvalue weighted by molar-refractivity contribution is 5.79. The highest BCUT2D eigenvalue weighted by atomic mass is 16.5. The van der Waals surface area contributed by atoms with E-state index in [0.29, 0.717) is 5.96 Å². The Bertz CT molecular complexity index is 192. The molecule has 0 atom stereocenters. The van der Waals surface area contributed by atoms with Crippen LogP contribution in [0.15, 0.2) is 4.99 Å². The number of rotatable bonds is 7. The van der Waals surface area contributed by atoms with Crippen molar-refractivity contribution in [3.05, 3.63) is 0 Å². The molecule has 0 heterocycles. The number of nitrogens with zero attached hydrogens (tertiary/aromatic N) is 1. The lowest BCUT2D eigenvalue weighted by atomic mass is 10.3. The standard InChI is InChI=1S/C10H22N4O/c1-15-8-2-6-12-10(14-11)13-7-5-9-3-4-9/h9H,2-8,11H2,1H3,(H2,12,13,14). The van der Waals surface area contributed by atoms with Crippen molar-refractivity contribution in [1.29, 1.82) is 0 Å². The minimum atomic E-state index is 0.687. The van der Waals surface area contributed by atoms with E-state index in [-0.39, 0.29) is 0 Å². The zero-order valence-electron chi connectivity index (χ0n) is 9.46. The Morgan fingerprint density at radius 2 is 2.33 bits per heavy atom. The van der Waals surface area contributed by atoms with Crippen molar-refractivity contribution in [2.45, 2.75) is 25.7 Å². The fraction of sp³-hybridized carbons (Fsp3) is 0.900. The lowest BCUT2D eigenvalue weighted by molar-refractivity contribution is 0.197. The van der Waals surface area contributed by atoms with Crippen molar-refractivity contribution >= 4 is 5.96 Å². The Morgan fingerprint density at radius 1 is 1.53 bits per heavy atom. The first-order valence-corrected chi connectivity index (χ1v) is 5.60. The van der Waals surface area contributed by atoms with Crippen molar-refractivity contribution in [2.24, 2.45) is 16.8 Å². The summed E-state index contributed by atoms with van der Waals surface area (Å²) in [6.07, 6.45) is 4.92. The lowest BCUT2D eigenvalue weighted by Crippen LogP contribution is -2.42. The van der Waals surface area contributed by atoms with Crippen LogP contribution in [0.1, 0.15) is 25.7 Å². The number of nitrogens with two attached hydrogens (primary N) is 1. The van der Waals surface area contributed by atoms with Crippen LogP contribution >= 0.6 is 0 Å². The normalized spacial score (nSPS) is 16.5. The van der Waals surface area contributed by atoms with Crippen LogP contribution in [0, 0.1) is 5.92 Å². The number of methoxy groups -OCH3 is 1. The summed E-state index contributed by atoms with van der Waals surface area (Å²) in [4.78, 5) is 4.29. The van der Waals surface area contributed by atoms with Gasteiger partial charge in [0.1, 0.15) is 0 Å². The van der Waals surface area contributed by atoms with E-state index in [2.05, 4.69) is 15.7 Å². The first-order valence-electron chi connectivity index (χ1n) is 5.60. The van der Waals surface area contributed by atoms with E-state index in [9.17, 15) is 0 Å². The zero-order valence-corrected chi connectivity index (χ0v) is 9.46. The van der Waals surface area contributed by atoms with Gasteiger partial charge in [-0.05, 0) is 18.8 Å². The van der Waals surface area contributed by atoms with Crippen molar-refractivity contribution in [2.75, 3.05) is 26.8 Å². The minimum absolute atomic E-state index is 0.687. The van der Waals surface area contributed by atoms with Gasteiger partial charge in [0.15, 0.2) is 0 Å². The third-order valence-corrected chi connectivity index (χ3v) is 2.46.